The molecule has 18 heavy (non-hydrogen) atoms. The van der Waals surface area contributed by atoms with E-state index in [0.29, 0.717) is 0 Å². The van der Waals surface area contributed by atoms with Crippen molar-refractivity contribution in [2.24, 2.45) is 5.92 Å². The fourth-order valence-electron chi connectivity index (χ4n) is 1.37. The summed E-state index contributed by atoms with van der Waals surface area (Å²) in [5, 5.41) is 20.2. The second-order valence-electron chi connectivity index (χ2n) is 5.14. The van der Waals surface area contributed by atoms with Crippen LogP contribution in [0.5, 0.6) is 0 Å². The van der Waals surface area contributed by atoms with Crippen molar-refractivity contribution in [2.75, 3.05) is 0 Å². The van der Waals surface area contributed by atoms with Gasteiger partial charge in [-0.2, -0.15) is 5.06 Å². The minimum absolute atomic E-state index is 0.527. The molecule has 0 aliphatic rings. The zero-order chi connectivity index (χ0) is 14.3. The SMILES string of the molecule is C=C/C=C\C=C\C(C(C)C(=O)O)N(O)C(C)(C)C. The molecule has 0 aromatic rings. The van der Waals surface area contributed by atoms with E-state index in [1.807, 2.05) is 20.8 Å². The van der Waals surface area contributed by atoms with Crippen LogP contribution in [-0.4, -0.2) is 32.9 Å². The highest BCUT2D eigenvalue weighted by molar-refractivity contribution is 5.70. The van der Waals surface area contributed by atoms with Crippen LogP contribution in [-0.2, 0) is 4.79 Å². The molecule has 102 valence electrons. The maximum absolute atomic E-state index is 11.1. The molecule has 0 heterocycles. The number of hydrogen-bond acceptors (Lipinski definition) is 3. The number of carboxylic acids is 1. The quantitative estimate of drug-likeness (QED) is 0.564. The molecule has 2 unspecified atom stereocenters. The van der Waals surface area contributed by atoms with Gasteiger partial charge in [-0.25, -0.2) is 0 Å². The van der Waals surface area contributed by atoms with Crippen molar-refractivity contribution < 1.29 is 15.1 Å². The fourth-order valence-corrected chi connectivity index (χ4v) is 1.37. The summed E-state index contributed by atoms with van der Waals surface area (Å²) in [4.78, 5) is 11.1. The topological polar surface area (TPSA) is 60.8 Å². The van der Waals surface area contributed by atoms with Gasteiger partial charge in [-0.3, -0.25) is 4.79 Å². The molecule has 0 bridgehead atoms. The molecule has 0 rings (SSSR count). The lowest BCUT2D eigenvalue weighted by Crippen LogP contribution is -2.49. The highest BCUT2D eigenvalue weighted by Gasteiger charge is 2.32. The zero-order valence-corrected chi connectivity index (χ0v) is 11.5. The van der Waals surface area contributed by atoms with Crippen molar-refractivity contribution in [3.63, 3.8) is 0 Å². The van der Waals surface area contributed by atoms with Crippen molar-refractivity contribution in [3.05, 3.63) is 37.0 Å². The number of aliphatic carboxylic acids is 1. The lowest BCUT2D eigenvalue weighted by molar-refractivity contribution is -0.191. The molecule has 2 N–H and O–H groups in total. The Kier molecular flexibility index (Phi) is 6.58. The third-order valence-corrected chi connectivity index (χ3v) is 2.54. The van der Waals surface area contributed by atoms with E-state index in [4.69, 9.17) is 5.11 Å². The maximum atomic E-state index is 11.1. The summed E-state index contributed by atoms with van der Waals surface area (Å²) < 4.78 is 0. The van der Waals surface area contributed by atoms with E-state index < -0.39 is 23.5 Å². The number of nitrogens with zero attached hydrogens (tertiary/aromatic N) is 1. The Labute approximate surface area is 109 Å². The number of rotatable bonds is 6. The molecule has 0 saturated heterocycles. The molecule has 4 nitrogen and oxygen atoms in total. The van der Waals surface area contributed by atoms with Crippen LogP contribution in [0.25, 0.3) is 0 Å². The summed E-state index contributed by atoms with van der Waals surface area (Å²) in [5.74, 6) is -1.65. The van der Waals surface area contributed by atoms with Crippen LogP contribution in [0.2, 0.25) is 0 Å². The average Bonchev–Trinajstić information content (AvgIpc) is 2.26. The molecule has 0 amide bonds. The van der Waals surface area contributed by atoms with E-state index in [9.17, 15) is 10.0 Å². The van der Waals surface area contributed by atoms with Crippen LogP contribution < -0.4 is 0 Å². The number of allylic oxidation sites excluding steroid dienone is 4. The second kappa shape index (κ2) is 7.13. The summed E-state index contributed by atoms with van der Waals surface area (Å²) in [6.45, 7) is 10.6. The molecule has 2 atom stereocenters. The Hall–Kier alpha value is -1.39. The Bertz CT molecular complexity index is 339. The molecule has 0 aliphatic carbocycles. The van der Waals surface area contributed by atoms with Crippen LogP contribution in [0.3, 0.4) is 0 Å². The highest BCUT2D eigenvalue weighted by Crippen LogP contribution is 2.20. The zero-order valence-electron chi connectivity index (χ0n) is 11.5. The Morgan fingerprint density at radius 2 is 1.83 bits per heavy atom. The first kappa shape index (κ1) is 16.6. The first-order chi connectivity index (χ1) is 8.21. The second-order valence-corrected chi connectivity index (χ2v) is 5.14. The number of carboxylic acid groups (broad SMARTS) is 1. The molecule has 0 aliphatic heterocycles. The number of hydroxylamine groups is 2. The summed E-state index contributed by atoms with van der Waals surface area (Å²) >= 11 is 0. The fraction of sp³-hybridized carbons (Fsp3) is 0.500. The van der Waals surface area contributed by atoms with Gasteiger partial charge in [0.2, 0.25) is 0 Å². The van der Waals surface area contributed by atoms with E-state index in [0.717, 1.165) is 5.06 Å². The van der Waals surface area contributed by atoms with Crippen molar-refractivity contribution in [1.82, 2.24) is 5.06 Å². The van der Waals surface area contributed by atoms with Gasteiger partial charge in [0.05, 0.1) is 12.0 Å². The van der Waals surface area contributed by atoms with Crippen LogP contribution in [0, 0.1) is 5.92 Å². The van der Waals surface area contributed by atoms with Gasteiger partial charge in [-0.15, -0.1) is 0 Å². The smallest absolute Gasteiger partial charge is 0.308 e. The average molecular weight is 253 g/mol. The van der Waals surface area contributed by atoms with Gasteiger partial charge >= 0.3 is 5.97 Å². The van der Waals surface area contributed by atoms with E-state index in [1.165, 1.54) is 0 Å². The van der Waals surface area contributed by atoms with Crippen LogP contribution in [0.4, 0.5) is 0 Å². The van der Waals surface area contributed by atoms with Crippen LogP contribution >= 0.6 is 0 Å². The molecule has 0 radical (unpaired) electrons. The standard InChI is InChI=1S/C14H23NO3/c1-6-7-8-9-10-12(11(2)13(16)17)15(18)14(3,4)5/h6-12,18H,1H2,2-5H3,(H,16,17)/b8-7-,10-9+. The van der Waals surface area contributed by atoms with Crippen molar-refractivity contribution in [1.29, 1.82) is 0 Å². The lowest BCUT2D eigenvalue weighted by atomic mass is 9.97. The first-order valence-electron chi connectivity index (χ1n) is 5.88. The van der Waals surface area contributed by atoms with Crippen molar-refractivity contribution in [2.45, 2.75) is 39.3 Å². The monoisotopic (exact) mass is 253 g/mol. The molecule has 4 heteroatoms. The Morgan fingerprint density at radius 3 is 2.22 bits per heavy atom. The first-order valence-corrected chi connectivity index (χ1v) is 5.88. The Balaban J connectivity index is 5.06. The van der Waals surface area contributed by atoms with Gasteiger partial charge < -0.3 is 10.3 Å². The Morgan fingerprint density at radius 1 is 1.28 bits per heavy atom. The van der Waals surface area contributed by atoms with E-state index >= 15 is 0 Å². The molecular formula is C14H23NO3. The molecular weight excluding hydrogens is 230 g/mol. The third-order valence-electron chi connectivity index (χ3n) is 2.54. The van der Waals surface area contributed by atoms with Crippen molar-refractivity contribution >= 4 is 5.97 Å². The normalized spacial score (nSPS) is 16.3. The minimum Gasteiger partial charge on any atom is -0.481 e. The van der Waals surface area contributed by atoms with Crippen LogP contribution in [0.15, 0.2) is 37.0 Å². The third kappa shape index (κ3) is 5.29. The predicted molar refractivity (Wildman–Crippen MR) is 72.4 cm³/mol. The van der Waals surface area contributed by atoms with Gasteiger partial charge in [-0.1, -0.05) is 37.0 Å². The summed E-state index contributed by atoms with van der Waals surface area (Å²) in [7, 11) is 0. The largest absolute Gasteiger partial charge is 0.481 e. The molecule has 0 saturated carbocycles. The summed E-state index contributed by atoms with van der Waals surface area (Å²) in [5.41, 5.74) is -0.527. The van der Waals surface area contributed by atoms with Gasteiger partial charge in [-0.05, 0) is 27.7 Å². The number of carbonyl (C=O) groups is 1. The molecule has 0 fully saturated rings. The van der Waals surface area contributed by atoms with Crippen LogP contribution in [0.1, 0.15) is 27.7 Å². The van der Waals surface area contributed by atoms with Gasteiger partial charge in [0, 0.05) is 5.54 Å². The molecule has 0 aromatic carbocycles. The minimum atomic E-state index is -0.944. The highest BCUT2D eigenvalue weighted by atomic mass is 16.5. The maximum Gasteiger partial charge on any atom is 0.308 e. The summed E-state index contributed by atoms with van der Waals surface area (Å²) in [6.07, 6.45) is 8.48. The van der Waals surface area contributed by atoms with Gasteiger partial charge in [0.25, 0.3) is 0 Å². The lowest BCUT2D eigenvalue weighted by Gasteiger charge is -2.36. The molecule has 0 spiro atoms. The van der Waals surface area contributed by atoms with E-state index in [1.54, 1.807) is 37.3 Å². The molecule has 0 aromatic heterocycles. The van der Waals surface area contributed by atoms with Crippen molar-refractivity contribution in [3.8, 4) is 0 Å². The number of hydrogen-bond donors (Lipinski definition) is 2. The summed E-state index contributed by atoms with van der Waals surface area (Å²) in [6, 6.07) is -0.586. The van der Waals surface area contributed by atoms with E-state index in [2.05, 4.69) is 6.58 Å². The van der Waals surface area contributed by atoms with Gasteiger partial charge in [0.1, 0.15) is 0 Å². The van der Waals surface area contributed by atoms with Gasteiger partial charge in [0.15, 0.2) is 0 Å². The van der Waals surface area contributed by atoms with E-state index in [-0.39, 0.29) is 0 Å². The predicted octanol–water partition coefficient (Wildman–Crippen LogP) is 2.86.